The van der Waals surface area contributed by atoms with Crippen LogP contribution in [-0.2, 0) is 6.42 Å². The lowest BCUT2D eigenvalue weighted by Gasteiger charge is -2.09. The summed E-state index contributed by atoms with van der Waals surface area (Å²) in [4.78, 5) is 9.01. The number of halogens is 3. The Morgan fingerprint density at radius 1 is 1.18 bits per heavy atom. The van der Waals surface area contributed by atoms with Crippen molar-refractivity contribution in [3.63, 3.8) is 0 Å². The normalized spacial score (nSPS) is 16.1. The number of nitrogens with two attached hydrogens (primary N) is 1. The van der Waals surface area contributed by atoms with E-state index in [1.165, 1.54) is 12.1 Å². The summed E-state index contributed by atoms with van der Waals surface area (Å²) in [5.41, 5.74) is 10.2. The third kappa shape index (κ3) is 5.00. The molecule has 1 aliphatic heterocycles. The Balaban J connectivity index is 1.62. The van der Waals surface area contributed by atoms with Gasteiger partial charge in [0.1, 0.15) is 5.75 Å². The number of hydrogen-bond donors (Lipinski definition) is 1. The fraction of sp³-hybridized carbons (Fsp3) is 0.238. The summed E-state index contributed by atoms with van der Waals surface area (Å²) < 4.78 is 40.5. The third-order valence-electron chi connectivity index (χ3n) is 4.31. The molecule has 2 aromatic rings. The van der Waals surface area contributed by atoms with Gasteiger partial charge in [-0.1, -0.05) is 18.7 Å². The van der Waals surface area contributed by atoms with Crippen LogP contribution in [0.3, 0.4) is 0 Å². The highest BCUT2D eigenvalue weighted by atomic mass is 19.4. The number of rotatable bonds is 6. The Morgan fingerprint density at radius 3 is 2.54 bits per heavy atom. The molecule has 4 nitrogen and oxygen atoms in total. The van der Waals surface area contributed by atoms with Crippen molar-refractivity contribution in [2.24, 2.45) is 9.98 Å². The quantitative estimate of drug-likeness (QED) is 0.707. The zero-order chi connectivity index (χ0) is 20.3. The molecule has 146 valence electrons. The minimum atomic E-state index is -4.68. The summed E-state index contributed by atoms with van der Waals surface area (Å²) >= 11 is 0. The summed E-state index contributed by atoms with van der Waals surface area (Å²) in [6.45, 7) is 5.82. The lowest BCUT2D eigenvalue weighted by Crippen LogP contribution is -2.17. The van der Waals surface area contributed by atoms with Gasteiger partial charge >= 0.3 is 6.36 Å². The van der Waals surface area contributed by atoms with Crippen LogP contribution in [-0.4, -0.2) is 24.5 Å². The molecule has 1 atom stereocenters. The zero-order valence-corrected chi connectivity index (χ0v) is 15.3. The highest BCUT2D eigenvalue weighted by Gasteiger charge is 2.30. The number of aryl methyl sites for hydroxylation is 1. The second kappa shape index (κ2) is 7.88. The van der Waals surface area contributed by atoms with E-state index in [1.54, 1.807) is 18.3 Å². The lowest BCUT2D eigenvalue weighted by molar-refractivity contribution is -0.274. The number of anilines is 1. The van der Waals surface area contributed by atoms with Gasteiger partial charge in [0.05, 0.1) is 6.04 Å². The second-order valence-electron chi connectivity index (χ2n) is 6.61. The van der Waals surface area contributed by atoms with Crippen molar-refractivity contribution in [3.05, 3.63) is 65.7 Å². The van der Waals surface area contributed by atoms with Crippen molar-refractivity contribution in [1.82, 2.24) is 0 Å². The van der Waals surface area contributed by atoms with Crippen LogP contribution in [0.5, 0.6) is 5.75 Å². The van der Waals surface area contributed by atoms with Crippen LogP contribution in [0.4, 0.5) is 18.9 Å². The first-order chi connectivity index (χ1) is 13.2. The van der Waals surface area contributed by atoms with Gasteiger partial charge in [-0.3, -0.25) is 4.99 Å². The van der Waals surface area contributed by atoms with Gasteiger partial charge in [0.2, 0.25) is 0 Å². The number of hydrogen-bond acceptors (Lipinski definition) is 4. The lowest BCUT2D eigenvalue weighted by atomic mass is 10.0. The molecule has 1 heterocycles. The number of ether oxygens (including phenoxy) is 1. The number of alkyl halides is 3. The minimum absolute atomic E-state index is 0.0769. The number of benzene rings is 2. The fourth-order valence-corrected chi connectivity index (χ4v) is 2.91. The van der Waals surface area contributed by atoms with Gasteiger partial charge in [0, 0.05) is 23.0 Å². The summed E-state index contributed by atoms with van der Waals surface area (Å²) in [7, 11) is 0. The predicted octanol–water partition coefficient (Wildman–Crippen LogP) is 5.03. The van der Waals surface area contributed by atoms with Crippen LogP contribution in [0.25, 0.3) is 5.57 Å². The van der Waals surface area contributed by atoms with Crippen molar-refractivity contribution in [2.75, 3.05) is 5.73 Å². The molecule has 2 aromatic carbocycles. The molecular weight excluding hydrogens is 367 g/mol. The minimum Gasteiger partial charge on any atom is -0.406 e. The van der Waals surface area contributed by atoms with E-state index in [-0.39, 0.29) is 11.8 Å². The number of amidine groups is 1. The molecule has 28 heavy (non-hydrogen) atoms. The number of nitrogen functional groups attached to an aromatic ring is 1. The third-order valence-corrected chi connectivity index (χ3v) is 4.31. The maximum atomic E-state index is 12.2. The van der Waals surface area contributed by atoms with Crippen LogP contribution in [0.2, 0.25) is 0 Å². The average Bonchev–Trinajstić information content (AvgIpc) is 3.09. The van der Waals surface area contributed by atoms with Crippen molar-refractivity contribution >= 4 is 23.3 Å². The van der Waals surface area contributed by atoms with Crippen molar-refractivity contribution in [1.29, 1.82) is 0 Å². The molecule has 0 bridgehead atoms. The SMILES string of the molecule is C=C(C)c1cc(C2=NC(CCc3ccc(OC(F)(F)F)cc3)C=N2)ccc1N. The van der Waals surface area contributed by atoms with Gasteiger partial charge in [-0.2, -0.15) is 0 Å². The number of allylic oxidation sites excluding steroid dienone is 1. The van der Waals surface area contributed by atoms with Gasteiger partial charge in [-0.05, 0) is 61.2 Å². The van der Waals surface area contributed by atoms with Crippen LogP contribution >= 0.6 is 0 Å². The van der Waals surface area contributed by atoms with Gasteiger partial charge in [-0.15, -0.1) is 13.2 Å². The van der Waals surface area contributed by atoms with E-state index >= 15 is 0 Å². The topological polar surface area (TPSA) is 60.0 Å². The Hall–Kier alpha value is -3.09. The van der Waals surface area contributed by atoms with Gasteiger partial charge in [-0.25, -0.2) is 4.99 Å². The van der Waals surface area contributed by atoms with E-state index in [0.29, 0.717) is 24.4 Å². The average molecular weight is 387 g/mol. The van der Waals surface area contributed by atoms with Crippen LogP contribution < -0.4 is 10.5 Å². The molecule has 0 fully saturated rings. The van der Waals surface area contributed by atoms with E-state index < -0.39 is 6.36 Å². The van der Waals surface area contributed by atoms with Crippen LogP contribution in [0.1, 0.15) is 30.0 Å². The Kier molecular flexibility index (Phi) is 5.53. The molecule has 1 unspecified atom stereocenters. The highest BCUT2D eigenvalue weighted by molar-refractivity contribution is 6.07. The molecule has 0 aliphatic carbocycles. The molecule has 0 amide bonds. The van der Waals surface area contributed by atoms with E-state index in [0.717, 1.165) is 22.3 Å². The molecule has 1 aliphatic rings. The summed E-state index contributed by atoms with van der Waals surface area (Å²) in [6.07, 6.45) is -1.53. The Morgan fingerprint density at radius 2 is 1.89 bits per heavy atom. The second-order valence-corrected chi connectivity index (χ2v) is 6.61. The smallest absolute Gasteiger partial charge is 0.406 e. The molecule has 0 radical (unpaired) electrons. The van der Waals surface area contributed by atoms with Gasteiger partial charge < -0.3 is 10.5 Å². The summed E-state index contributed by atoms with van der Waals surface area (Å²) in [5, 5.41) is 0. The number of nitrogens with zero attached hydrogens (tertiary/aromatic N) is 2. The first-order valence-electron chi connectivity index (χ1n) is 8.74. The zero-order valence-electron chi connectivity index (χ0n) is 15.3. The first kappa shape index (κ1) is 19.7. The number of aliphatic imine (C=N–C) groups is 2. The van der Waals surface area contributed by atoms with Gasteiger partial charge in [0.25, 0.3) is 0 Å². The fourth-order valence-electron chi connectivity index (χ4n) is 2.91. The van der Waals surface area contributed by atoms with E-state index in [2.05, 4.69) is 21.3 Å². The standard InChI is InChI=1S/C21H20F3N3O/c1-13(2)18-11-15(6-10-19(18)25)20-26-12-16(27-20)7-3-14-4-8-17(9-5-14)28-21(22,23)24/h4-6,8-12,16H,1,3,7,25H2,2H3. The molecule has 0 aromatic heterocycles. The van der Waals surface area contributed by atoms with E-state index in [9.17, 15) is 13.2 Å². The van der Waals surface area contributed by atoms with E-state index in [1.807, 2.05) is 25.1 Å². The predicted molar refractivity (Wildman–Crippen MR) is 106 cm³/mol. The largest absolute Gasteiger partial charge is 0.573 e. The van der Waals surface area contributed by atoms with Crippen LogP contribution in [0.15, 0.2) is 59.0 Å². The first-order valence-corrected chi connectivity index (χ1v) is 8.74. The summed E-state index contributed by atoms with van der Waals surface area (Å²) in [5.74, 6) is 0.414. The van der Waals surface area contributed by atoms with Gasteiger partial charge in [0.15, 0.2) is 5.84 Å². The summed E-state index contributed by atoms with van der Waals surface area (Å²) in [6, 6.07) is 11.4. The van der Waals surface area contributed by atoms with Crippen molar-refractivity contribution in [2.45, 2.75) is 32.2 Å². The maximum absolute atomic E-state index is 12.2. The molecule has 0 saturated heterocycles. The van der Waals surface area contributed by atoms with E-state index in [4.69, 9.17) is 5.73 Å². The van der Waals surface area contributed by atoms with Crippen molar-refractivity contribution in [3.8, 4) is 5.75 Å². The highest BCUT2D eigenvalue weighted by Crippen LogP contribution is 2.25. The molecule has 3 rings (SSSR count). The maximum Gasteiger partial charge on any atom is 0.573 e. The molecule has 2 N–H and O–H groups in total. The molecule has 0 saturated carbocycles. The molecular formula is C21H20F3N3O. The van der Waals surface area contributed by atoms with Crippen molar-refractivity contribution < 1.29 is 17.9 Å². The molecule has 0 spiro atoms. The monoisotopic (exact) mass is 387 g/mol. The molecule has 7 heteroatoms. The van der Waals surface area contributed by atoms with Crippen LogP contribution in [0, 0.1) is 0 Å². The Labute approximate surface area is 161 Å². The Bertz CT molecular complexity index is 931.